The number of likely N-dealkylation sites (N-methyl/N-ethyl adjacent to an activating group) is 1. The summed E-state index contributed by atoms with van der Waals surface area (Å²) in [6, 6.07) is 5.67. The molecule has 0 aliphatic heterocycles. The number of halogens is 1. The van der Waals surface area contributed by atoms with Crippen molar-refractivity contribution in [3.63, 3.8) is 0 Å². The van der Waals surface area contributed by atoms with E-state index < -0.39 is 0 Å². The minimum absolute atomic E-state index is 0.0594. The lowest BCUT2D eigenvalue weighted by molar-refractivity contribution is -0.121. The van der Waals surface area contributed by atoms with E-state index in [1.165, 1.54) is 0 Å². The van der Waals surface area contributed by atoms with E-state index >= 15 is 0 Å². The summed E-state index contributed by atoms with van der Waals surface area (Å²) in [4.78, 5) is 16.1. The van der Waals surface area contributed by atoms with Crippen LogP contribution in [-0.4, -0.2) is 28.6 Å². The van der Waals surface area contributed by atoms with E-state index in [2.05, 4.69) is 10.3 Å². The van der Waals surface area contributed by atoms with Crippen molar-refractivity contribution in [3.05, 3.63) is 24.0 Å². The Kier molecular flexibility index (Phi) is 4.49. The molecule has 1 aromatic carbocycles. The van der Waals surface area contributed by atoms with Gasteiger partial charge >= 0.3 is 0 Å². The number of nitrogens with one attached hydrogen (secondary N) is 1. The topological polar surface area (TPSA) is 56.2 Å². The molecular weight excluding hydrogens is 278 g/mol. The van der Waals surface area contributed by atoms with Gasteiger partial charge in [-0.15, -0.1) is 11.6 Å². The number of carbonyl (C=O) groups is 1. The average molecular weight is 296 g/mol. The van der Waals surface area contributed by atoms with Crippen molar-refractivity contribution in [1.29, 1.82) is 0 Å². The van der Waals surface area contributed by atoms with Crippen LogP contribution in [0.4, 0.5) is 0 Å². The number of aromatic nitrogens is 2. The minimum atomic E-state index is -0.0918. The second-order valence-corrected chi connectivity index (χ2v) is 4.98. The maximum atomic E-state index is 11.6. The van der Waals surface area contributed by atoms with E-state index in [1.54, 1.807) is 7.05 Å². The van der Waals surface area contributed by atoms with Gasteiger partial charge in [0.25, 0.3) is 0 Å². The zero-order valence-corrected chi connectivity index (χ0v) is 12.6. The van der Waals surface area contributed by atoms with Crippen LogP contribution in [0.3, 0.4) is 0 Å². The second-order valence-electron chi connectivity index (χ2n) is 4.71. The smallest absolute Gasteiger partial charge is 0.239 e. The number of para-hydroxylation sites is 1. The molecule has 1 heterocycles. The van der Waals surface area contributed by atoms with Crippen LogP contribution in [0.1, 0.15) is 19.7 Å². The van der Waals surface area contributed by atoms with E-state index in [4.69, 9.17) is 16.3 Å². The van der Waals surface area contributed by atoms with E-state index in [9.17, 15) is 4.79 Å². The monoisotopic (exact) mass is 295 g/mol. The third kappa shape index (κ3) is 2.88. The molecule has 0 radical (unpaired) electrons. The summed E-state index contributed by atoms with van der Waals surface area (Å²) in [6.07, 6.45) is 0.0594. The molecule has 5 nitrogen and oxygen atoms in total. The van der Waals surface area contributed by atoms with Crippen LogP contribution < -0.4 is 10.1 Å². The third-order valence-electron chi connectivity index (χ3n) is 2.88. The van der Waals surface area contributed by atoms with Gasteiger partial charge in [0, 0.05) is 7.05 Å². The number of amides is 1. The molecule has 0 fully saturated rings. The maximum absolute atomic E-state index is 11.6. The van der Waals surface area contributed by atoms with Crippen molar-refractivity contribution < 1.29 is 9.53 Å². The molecule has 1 amide bonds. The van der Waals surface area contributed by atoms with Crippen molar-refractivity contribution >= 4 is 28.5 Å². The Morgan fingerprint density at radius 1 is 1.50 bits per heavy atom. The Hall–Kier alpha value is -1.75. The quantitative estimate of drug-likeness (QED) is 0.861. The van der Waals surface area contributed by atoms with Crippen LogP contribution in [0.15, 0.2) is 18.2 Å². The molecule has 20 heavy (non-hydrogen) atoms. The van der Waals surface area contributed by atoms with Crippen LogP contribution in [0.5, 0.6) is 5.75 Å². The summed E-state index contributed by atoms with van der Waals surface area (Å²) in [5, 5.41) is 2.60. The predicted molar refractivity (Wildman–Crippen MR) is 79.1 cm³/mol. The lowest BCUT2D eigenvalue weighted by atomic mass is 10.3. The van der Waals surface area contributed by atoms with Gasteiger partial charge < -0.3 is 14.6 Å². The summed E-state index contributed by atoms with van der Waals surface area (Å²) < 4.78 is 7.57. The molecule has 0 aliphatic rings. The Morgan fingerprint density at radius 2 is 2.25 bits per heavy atom. The van der Waals surface area contributed by atoms with Gasteiger partial charge in [-0.3, -0.25) is 4.79 Å². The first-order valence-electron chi connectivity index (χ1n) is 6.48. The molecule has 0 spiro atoms. The van der Waals surface area contributed by atoms with Gasteiger partial charge in [0.05, 0.1) is 17.5 Å². The number of hydrogen-bond acceptors (Lipinski definition) is 3. The number of fused-ring (bicyclic) bond motifs is 1. The first-order chi connectivity index (χ1) is 9.56. The predicted octanol–water partition coefficient (Wildman–Crippen LogP) is 2.31. The second kappa shape index (κ2) is 6.13. The number of rotatable bonds is 5. The molecule has 6 heteroatoms. The Balaban J connectivity index is 2.53. The highest BCUT2D eigenvalue weighted by atomic mass is 35.5. The van der Waals surface area contributed by atoms with Crippen molar-refractivity contribution in [3.8, 4) is 5.75 Å². The maximum Gasteiger partial charge on any atom is 0.239 e. The van der Waals surface area contributed by atoms with E-state index in [0.29, 0.717) is 11.6 Å². The fraction of sp³-hybridized carbons (Fsp3) is 0.429. The van der Waals surface area contributed by atoms with Gasteiger partial charge in [-0.1, -0.05) is 6.07 Å². The normalized spacial score (nSPS) is 11.1. The number of ether oxygens (including phenoxy) is 1. The molecule has 108 valence electrons. The molecule has 0 atom stereocenters. The highest BCUT2D eigenvalue weighted by Crippen LogP contribution is 2.27. The number of imidazole rings is 1. The fourth-order valence-electron chi connectivity index (χ4n) is 2.02. The number of nitrogens with zero attached hydrogens (tertiary/aromatic N) is 2. The summed E-state index contributed by atoms with van der Waals surface area (Å²) in [5.41, 5.74) is 1.59. The molecule has 0 unspecified atom stereocenters. The van der Waals surface area contributed by atoms with Gasteiger partial charge in [0.1, 0.15) is 23.6 Å². The summed E-state index contributed by atoms with van der Waals surface area (Å²) in [5.74, 6) is 1.52. The van der Waals surface area contributed by atoms with Crippen LogP contribution >= 0.6 is 11.6 Å². The molecule has 2 aromatic rings. The van der Waals surface area contributed by atoms with Gasteiger partial charge in [-0.25, -0.2) is 4.98 Å². The zero-order valence-electron chi connectivity index (χ0n) is 11.8. The standard InChI is InChI=1S/C14H18ClN3O2/c1-9(2)20-11-6-4-5-10-14(11)17-12(7-15)18(10)8-13(19)16-3/h4-6,9H,7-8H2,1-3H3,(H,16,19). The number of benzene rings is 1. The highest BCUT2D eigenvalue weighted by molar-refractivity contribution is 6.17. The highest BCUT2D eigenvalue weighted by Gasteiger charge is 2.16. The SMILES string of the molecule is CNC(=O)Cn1c(CCl)nc2c(OC(C)C)cccc21. The number of alkyl halides is 1. The first kappa shape index (κ1) is 14.7. The van der Waals surface area contributed by atoms with Crippen molar-refractivity contribution in [2.75, 3.05) is 7.05 Å². The van der Waals surface area contributed by atoms with Gasteiger partial charge in [-0.05, 0) is 26.0 Å². The van der Waals surface area contributed by atoms with Gasteiger partial charge in [-0.2, -0.15) is 0 Å². The van der Waals surface area contributed by atoms with Crippen molar-refractivity contribution in [1.82, 2.24) is 14.9 Å². The van der Waals surface area contributed by atoms with E-state index in [-0.39, 0.29) is 24.4 Å². The number of hydrogen-bond donors (Lipinski definition) is 1. The van der Waals surface area contributed by atoms with Crippen molar-refractivity contribution in [2.24, 2.45) is 0 Å². The molecule has 0 aliphatic carbocycles. The molecule has 2 rings (SSSR count). The molecule has 1 N–H and O–H groups in total. The van der Waals surface area contributed by atoms with Crippen molar-refractivity contribution in [2.45, 2.75) is 32.4 Å². The van der Waals surface area contributed by atoms with Crippen LogP contribution in [0.25, 0.3) is 11.0 Å². The molecule has 1 aromatic heterocycles. The summed E-state index contributed by atoms with van der Waals surface area (Å²) in [6.45, 7) is 4.12. The molecule has 0 saturated heterocycles. The third-order valence-corrected chi connectivity index (χ3v) is 3.12. The Bertz CT molecular complexity index is 622. The zero-order chi connectivity index (χ0) is 14.7. The lowest BCUT2D eigenvalue weighted by Gasteiger charge is -2.10. The van der Waals surface area contributed by atoms with Gasteiger partial charge in [0.2, 0.25) is 5.91 Å². The first-order valence-corrected chi connectivity index (χ1v) is 7.01. The lowest BCUT2D eigenvalue weighted by Crippen LogP contribution is -2.24. The minimum Gasteiger partial charge on any atom is -0.489 e. The van der Waals surface area contributed by atoms with Crippen LogP contribution in [0.2, 0.25) is 0 Å². The number of carbonyl (C=O) groups excluding carboxylic acids is 1. The molecule has 0 saturated carbocycles. The van der Waals surface area contributed by atoms with Crippen LogP contribution in [-0.2, 0) is 17.2 Å². The Morgan fingerprint density at radius 3 is 2.85 bits per heavy atom. The summed E-state index contributed by atoms with van der Waals surface area (Å²) in [7, 11) is 1.61. The van der Waals surface area contributed by atoms with E-state index in [1.807, 2.05) is 36.6 Å². The largest absolute Gasteiger partial charge is 0.489 e. The molecule has 0 bridgehead atoms. The van der Waals surface area contributed by atoms with E-state index in [0.717, 1.165) is 11.0 Å². The summed E-state index contributed by atoms with van der Waals surface area (Å²) >= 11 is 5.93. The molecular formula is C14H18ClN3O2. The Labute approximate surface area is 122 Å². The van der Waals surface area contributed by atoms with Crippen LogP contribution in [0, 0.1) is 0 Å². The fourth-order valence-corrected chi connectivity index (χ4v) is 2.22. The van der Waals surface area contributed by atoms with Gasteiger partial charge in [0.15, 0.2) is 0 Å². The average Bonchev–Trinajstić information content (AvgIpc) is 2.77.